The van der Waals surface area contributed by atoms with Crippen LogP contribution >= 0.6 is 0 Å². The van der Waals surface area contributed by atoms with Crippen molar-refractivity contribution < 1.29 is 47.4 Å². The van der Waals surface area contributed by atoms with E-state index in [4.69, 9.17) is 70.3 Å². The summed E-state index contributed by atoms with van der Waals surface area (Å²) in [4.78, 5) is 58.1. The number of ether oxygens (including phenoxy) is 10. The standard InChI is InChI=1S/C21H30N10O2.C20H25N9O2.C17H18N8O3.C15H14N6O3/c1-29(2)7-6-23-18-13-19(25-14-24-18)31-20(22)27-21(28-31)26-16-5-4-15(12-17(16)32-3)30-8-10-33-11-9-30;21-19-25-20(24-15-1-3-16(4-2-15)27-5-9-30-10-6-27)26-29(19)18-13-17(22-14-23-18)28-7-11-31-12-8-28;18-16-22-17(21-11-1-2-12-13(7-11)28-10-27-12)23-25(16)15-8-14(19-9-20-15)24-3-5-26-6-4-24;1-22-10-6-9(7-11-13(10)24-8-23-11)18-15-19-14(16)21(20-15)12-4-2-3-5-17-12/h4-5,12-14H,6-11H2,1-3H3,(H,23,24,25)(H3,22,26,27,28);1-4,13-14H,5-12H2,(H3,21,24,25,26);1-2,7-9H,3-6,10H2,(H3,18,21,22,23);2-7H,8H2,1H3,(H3,16,18,19,20). The number of hydrogen-bond donors (Lipinski definition) is 9. The second-order valence-electron chi connectivity index (χ2n) is 26.3. The van der Waals surface area contributed by atoms with Crippen LogP contribution in [-0.2, 0) is 18.9 Å². The topological polar surface area (TPSA) is 486 Å². The van der Waals surface area contributed by atoms with Crippen molar-refractivity contribution in [3.05, 3.63) is 134 Å². The summed E-state index contributed by atoms with van der Waals surface area (Å²) in [6.07, 6.45) is 6.13. The fraction of sp³-hybridized carbons (Fsp3) is 0.329. The number of nitrogen functional groups attached to an aromatic ring is 4. The van der Waals surface area contributed by atoms with Crippen molar-refractivity contribution in [1.29, 1.82) is 0 Å². The van der Waals surface area contributed by atoms with Crippen LogP contribution in [0, 0.1) is 0 Å². The minimum Gasteiger partial charge on any atom is -0.494 e. The first-order valence-corrected chi connectivity index (χ1v) is 37.0. The first-order chi connectivity index (χ1) is 56.8. The highest BCUT2D eigenvalue weighted by atomic mass is 16.7. The highest BCUT2D eigenvalue weighted by Crippen LogP contribution is 2.44. The number of nitrogens with two attached hydrogens (primary N) is 4. The lowest BCUT2D eigenvalue weighted by molar-refractivity contribution is 0.122. The molecule has 0 bridgehead atoms. The van der Waals surface area contributed by atoms with Gasteiger partial charge in [0.25, 0.3) is 0 Å². The second-order valence-corrected chi connectivity index (χ2v) is 26.3. The van der Waals surface area contributed by atoms with Crippen LogP contribution in [-0.4, -0.2) is 259 Å². The van der Waals surface area contributed by atoms with Crippen LogP contribution in [0.3, 0.4) is 0 Å². The van der Waals surface area contributed by atoms with Gasteiger partial charge in [0.1, 0.15) is 42.2 Å². The molecule has 0 aliphatic carbocycles. The molecule has 12 aromatic rings. The molecule has 13 N–H and O–H groups in total. The van der Waals surface area contributed by atoms with Crippen LogP contribution in [0.2, 0.25) is 0 Å². The molecule has 6 aliphatic rings. The second kappa shape index (κ2) is 36.5. The van der Waals surface area contributed by atoms with Gasteiger partial charge in [-0.15, -0.1) is 20.4 Å². The van der Waals surface area contributed by atoms with Crippen LogP contribution in [0.1, 0.15) is 0 Å². The Morgan fingerprint density at radius 3 is 1.41 bits per heavy atom. The molecule has 116 heavy (non-hydrogen) atoms. The van der Waals surface area contributed by atoms with Gasteiger partial charge in [-0.1, -0.05) is 6.07 Å². The van der Waals surface area contributed by atoms with E-state index in [1.165, 1.54) is 43.4 Å². The Morgan fingerprint density at radius 1 is 0.397 bits per heavy atom. The molecule has 8 aromatic heterocycles. The molecule has 43 nitrogen and oxygen atoms in total. The molecule has 604 valence electrons. The van der Waals surface area contributed by atoms with Crippen molar-refractivity contribution >= 4 is 99.2 Å². The van der Waals surface area contributed by atoms with Crippen LogP contribution in [0.5, 0.6) is 34.5 Å². The van der Waals surface area contributed by atoms with Crippen molar-refractivity contribution in [2.24, 2.45) is 0 Å². The number of fused-ring (bicyclic) bond motifs is 2. The highest BCUT2D eigenvalue weighted by Gasteiger charge is 2.25. The Bertz CT molecular complexity index is 5240. The fourth-order valence-electron chi connectivity index (χ4n) is 12.5. The van der Waals surface area contributed by atoms with E-state index in [-0.39, 0.29) is 37.4 Å². The average molecular weight is 1590 g/mol. The Morgan fingerprint density at radius 2 is 0.853 bits per heavy atom. The highest BCUT2D eigenvalue weighted by molar-refractivity contribution is 5.70. The summed E-state index contributed by atoms with van der Waals surface area (Å²) in [5, 5.41) is 33.5. The predicted molar refractivity (Wildman–Crippen MR) is 431 cm³/mol. The van der Waals surface area contributed by atoms with Gasteiger partial charge in [-0.05, 0) is 74.8 Å². The van der Waals surface area contributed by atoms with E-state index in [1.807, 2.05) is 86.9 Å². The van der Waals surface area contributed by atoms with Crippen LogP contribution in [0.25, 0.3) is 23.3 Å². The lowest BCUT2D eigenvalue weighted by atomic mass is 10.2. The zero-order valence-electron chi connectivity index (χ0n) is 64.0. The van der Waals surface area contributed by atoms with Crippen molar-refractivity contribution in [2.75, 3.05) is 229 Å². The van der Waals surface area contributed by atoms with E-state index in [9.17, 15) is 0 Å². The number of benzene rings is 4. The minimum atomic E-state index is 0.161. The molecule has 0 atom stereocenters. The zero-order chi connectivity index (χ0) is 79.7. The van der Waals surface area contributed by atoms with Crippen LogP contribution in [0.15, 0.2) is 134 Å². The molecule has 0 spiro atoms. The molecule has 4 saturated heterocycles. The van der Waals surface area contributed by atoms with Gasteiger partial charge < -0.3 is 121 Å². The Kier molecular flexibility index (Phi) is 24.3. The van der Waals surface area contributed by atoms with Gasteiger partial charge in [0.15, 0.2) is 46.3 Å². The molecule has 14 heterocycles. The third kappa shape index (κ3) is 19.1. The maximum Gasteiger partial charge on any atom is 0.249 e. The quantitative estimate of drug-likeness (QED) is 0.0434. The van der Waals surface area contributed by atoms with Gasteiger partial charge >= 0.3 is 0 Å². The number of methoxy groups -OCH3 is 2. The monoisotopic (exact) mass is 1590 g/mol. The molecule has 18 rings (SSSR count). The normalized spacial score (nSPS) is 14.8. The maximum atomic E-state index is 6.12. The first kappa shape index (κ1) is 77.2. The molecular weight excluding hydrogens is 1500 g/mol. The Labute approximate surface area is 664 Å². The van der Waals surface area contributed by atoms with Gasteiger partial charge in [0.2, 0.25) is 66.9 Å². The smallest absolute Gasteiger partial charge is 0.249 e. The summed E-state index contributed by atoms with van der Waals surface area (Å²) >= 11 is 0. The van der Waals surface area contributed by atoms with Gasteiger partial charge in [-0.2, -0.15) is 38.7 Å². The van der Waals surface area contributed by atoms with Gasteiger partial charge in [-0.3, -0.25) is 0 Å². The van der Waals surface area contributed by atoms with Crippen molar-refractivity contribution in [3.8, 4) is 57.8 Å². The summed E-state index contributed by atoms with van der Waals surface area (Å²) in [5.41, 5.74) is 29.5. The van der Waals surface area contributed by atoms with Crippen molar-refractivity contribution in [1.82, 2.24) is 98.8 Å². The fourth-order valence-corrected chi connectivity index (χ4v) is 12.5. The molecule has 0 amide bonds. The maximum absolute atomic E-state index is 6.12. The first-order valence-electron chi connectivity index (χ1n) is 37.0. The van der Waals surface area contributed by atoms with Gasteiger partial charge in [-0.25, -0.2) is 34.9 Å². The number of anilines is 17. The molecular formula is C73H87N33O10. The van der Waals surface area contributed by atoms with Crippen molar-refractivity contribution in [2.45, 2.75) is 0 Å². The SMILES string of the molecule is COc1cc(N2CCOCC2)ccc1Nc1nc(N)n(-c2cc(NCCN(C)C)ncn2)n1.COc1cc(Nc2nc(N)n(-c3ccccn3)n2)cc2c1OCO2.Nc1nc(Nc2ccc(N3CCOCC3)cc2)nn1-c1cc(N2CCOCC2)ncn1.Nc1nc(Nc2ccc3c(c2)OCO3)nn1-c1cc(N2CCOCC2)ncn1. The molecule has 0 saturated carbocycles. The minimum absolute atomic E-state index is 0.161. The average Bonchev–Trinajstić information content (AvgIpc) is 1.73. The lowest BCUT2D eigenvalue weighted by Crippen LogP contribution is -2.36. The van der Waals surface area contributed by atoms with Crippen molar-refractivity contribution in [3.63, 3.8) is 0 Å². The Balaban J connectivity index is 0.000000122. The predicted octanol–water partition coefficient (Wildman–Crippen LogP) is 4.93. The van der Waals surface area contributed by atoms with E-state index in [0.717, 1.165) is 126 Å². The van der Waals surface area contributed by atoms with E-state index >= 15 is 0 Å². The van der Waals surface area contributed by atoms with E-state index in [2.05, 4.69) is 138 Å². The summed E-state index contributed by atoms with van der Waals surface area (Å²) in [6, 6.07) is 34.1. The van der Waals surface area contributed by atoms with E-state index in [0.29, 0.717) is 119 Å². The van der Waals surface area contributed by atoms with Gasteiger partial charge in [0.05, 0.1) is 72.8 Å². The summed E-state index contributed by atoms with van der Waals surface area (Å²) in [6.45, 7) is 14.3. The van der Waals surface area contributed by atoms with E-state index in [1.54, 1.807) is 44.7 Å². The molecule has 4 aromatic carbocycles. The van der Waals surface area contributed by atoms with E-state index < -0.39 is 0 Å². The van der Waals surface area contributed by atoms with Crippen LogP contribution in [0.4, 0.5) is 99.2 Å². The number of likely N-dealkylation sites (N-methyl/N-ethyl adjacent to an activating group) is 1. The summed E-state index contributed by atoms with van der Waals surface area (Å²) in [7, 11) is 7.23. The number of nitrogens with one attached hydrogen (secondary N) is 5. The molecule has 6 aliphatic heterocycles. The molecule has 0 radical (unpaired) electrons. The lowest BCUT2D eigenvalue weighted by Gasteiger charge is -2.29. The van der Waals surface area contributed by atoms with Gasteiger partial charge in [0, 0.05) is 143 Å². The number of hydrogen-bond acceptors (Lipinski definition) is 39. The van der Waals surface area contributed by atoms with Crippen LogP contribution < -0.4 is 97.5 Å². The zero-order valence-corrected chi connectivity index (χ0v) is 64.0. The summed E-state index contributed by atoms with van der Waals surface area (Å²) in [5.74, 6) is 10.6. The third-order valence-electron chi connectivity index (χ3n) is 18.4. The Hall–Kier alpha value is -14.2. The third-order valence-corrected chi connectivity index (χ3v) is 18.4. The number of aromatic nitrogens is 19. The summed E-state index contributed by atoms with van der Waals surface area (Å²) < 4.78 is 59.9. The number of rotatable bonds is 22. The largest absolute Gasteiger partial charge is 0.494 e. The number of pyridine rings is 1. The molecule has 0 unspecified atom stereocenters. The number of morpholine rings is 4. The number of nitrogens with zero attached hydrogens (tertiary/aromatic N) is 24. The molecule has 43 heteroatoms. The molecule has 4 fully saturated rings.